The normalized spacial score (nSPS) is 16.6. The van der Waals surface area contributed by atoms with Crippen molar-refractivity contribution in [1.82, 2.24) is 0 Å². The molecule has 0 heterocycles. The van der Waals surface area contributed by atoms with Crippen molar-refractivity contribution in [2.24, 2.45) is 0 Å². The second-order valence-corrected chi connectivity index (χ2v) is 12.1. The first-order valence-electron chi connectivity index (χ1n) is 8.74. The van der Waals surface area contributed by atoms with Crippen LogP contribution in [0.4, 0.5) is 61.5 Å². The molecule has 0 aromatic heterocycles. The lowest BCUT2D eigenvalue weighted by atomic mass is 9.92. The second-order valence-electron chi connectivity index (χ2n) is 7.58. The van der Waals surface area contributed by atoms with Gasteiger partial charge in [-0.15, -0.1) is 0 Å². The van der Waals surface area contributed by atoms with Gasteiger partial charge in [-0.05, 0) is 10.8 Å². The Kier molecular flexibility index (Phi) is 7.76. The monoisotopic (exact) mass is 526 g/mol. The SMILES string of the molecule is C=Cc1ccccc1[Si](C)(C)C(F)C(F)(F)C(F)(F)C(F)(F)C(F)(F)C(F)(F)C(F)C(F)F. The fourth-order valence-corrected chi connectivity index (χ4v) is 5.77. The molecule has 0 saturated heterocycles. The molecular formula is C18H16F14Si. The first-order chi connectivity index (χ1) is 14.6. The first-order valence-corrected chi connectivity index (χ1v) is 11.8. The Morgan fingerprint density at radius 1 is 0.727 bits per heavy atom. The van der Waals surface area contributed by atoms with Crippen LogP contribution in [0.15, 0.2) is 30.8 Å². The molecule has 15 heteroatoms. The number of hydrogen-bond donors (Lipinski definition) is 0. The van der Waals surface area contributed by atoms with Crippen LogP contribution in [0.1, 0.15) is 5.56 Å². The summed E-state index contributed by atoms with van der Waals surface area (Å²) < 4.78 is 190. The average Bonchev–Trinajstić information content (AvgIpc) is 2.71. The van der Waals surface area contributed by atoms with Gasteiger partial charge in [-0.1, -0.05) is 50.0 Å². The van der Waals surface area contributed by atoms with Crippen molar-refractivity contribution in [2.45, 2.75) is 61.1 Å². The molecule has 1 aromatic rings. The molecule has 1 aromatic carbocycles. The molecular weight excluding hydrogens is 510 g/mol. The van der Waals surface area contributed by atoms with E-state index in [2.05, 4.69) is 6.58 Å². The molecule has 0 aliphatic heterocycles. The average molecular weight is 526 g/mol. The van der Waals surface area contributed by atoms with Crippen LogP contribution in [0.3, 0.4) is 0 Å². The van der Waals surface area contributed by atoms with Gasteiger partial charge in [0, 0.05) is 0 Å². The van der Waals surface area contributed by atoms with Crippen molar-refractivity contribution in [3.63, 3.8) is 0 Å². The molecule has 0 nitrogen and oxygen atoms in total. The third kappa shape index (κ3) is 4.25. The van der Waals surface area contributed by atoms with Crippen LogP contribution >= 0.6 is 0 Å². The smallest absolute Gasteiger partial charge is 0.244 e. The summed E-state index contributed by atoms with van der Waals surface area (Å²) >= 11 is 0. The minimum absolute atomic E-state index is 0.0863. The van der Waals surface area contributed by atoms with Crippen LogP contribution in [0.5, 0.6) is 0 Å². The van der Waals surface area contributed by atoms with Gasteiger partial charge in [0.05, 0.1) is 0 Å². The summed E-state index contributed by atoms with van der Waals surface area (Å²) in [5.41, 5.74) is -0.0863. The third-order valence-electron chi connectivity index (χ3n) is 5.02. The van der Waals surface area contributed by atoms with Gasteiger partial charge < -0.3 is 0 Å². The Bertz CT molecular complexity index is 848. The van der Waals surface area contributed by atoms with Crippen LogP contribution in [0.25, 0.3) is 6.08 Å². The summed E-state index contributed by atoms with van der Waals surface area (Å²) in [6.45, 7) is 4.55. The summed E-state index contributed by atoms with van der Waals surface area (Å²) in [7, 11) is -4.64. The van der Waals surface area contributed by atoms with Gasteiger partial charge in [0.15, 0.2) is 5.79 Å². The third-order valence-corrected chi connectivity index (χ3v) is 8.49. The fourth-order valence-electron chi connectivity index (χ4n) is 2.96. The van der Waals surface area contributed by atoms with E-state index in [0.717, 1.165) is 24.3 Å². The Hall–Kier alpha value is -1.80. The number of benzene rings is 1. The molecule has 0 radical (unpaired) electrons. The number of halogens is 14. The molecule has 2 atom stereocenters. The highest BCUT2D eigenvalue weighted by molar-refractivity contribution is 6.91. The molecule has 0 bridgehead atoms. The molecule has 0 spiro atoms. The van der Waals surface area contributed by atoms with E-state index in [1.165, 1.54) is 6.07 Å². The summed E-state index contributed by atoms with van der Waals surface area (Å²) in [4.78, 5) is 0. The van der Waals surface area contributed by atoms with Gasteiger partial charge in [-0.2, -0.15) is 43.9 Å². The largest absolute Gasteiger partial charge is 0.384 e. The molecule has 0 aliphatic rings. The van der Waals surface area contributed by atoms with Crippen molar-refractivity contribution in [2.75, 3.05) is 0 Å². The highest BCUT2D eigenvalue weighted by Gasteiger charge is 2.89. The van der Waals surface area contributed by atoms with E-state index in [0.29, 0.717) is 13.1 Å². The van der Waals surface area contributed by atoms with Crippen molar-refractivity contribution in [1.29, 1.82) is 0 Å². The Labute approximate surface area is 179 Å². The van der Waals surface area contributed by atoms with E-state index < -0.39 is 56.1 Å². The Morgan fingerprint density at radius 3 is 1.58 bits per heavy atom. The highest BCUT2D eigenvalue weighted by atomic mass is 28.3. The molecule has 0 fully saturated rings. The lowest BCUT2D eigenvalue weighted by Gasteiger charge is -2.43. The minimum atomic E-state index is -7.86. The molecule has 1 rings (SSSR count). The zero-order valence-corrected chi connectivity index (χ0v) is 17.6. The zero-order chi connectivity index (χ0) is 26.4. The van der Waals surface area contributed by atoms with E-state index in [-0.39, 0.29) is 10.8 Å². The lowest BCUT2D eigenvalue weighted by Crippen LogP contribution is -2.73. The van der Waals surface area contributed by atoms with Gasteiger partial charge in [-0.25, -0.2) is 17.6 Å². The summed E-state index contributed by atoms with van der Waals surface area (Å²) in [5.74, 6) is -41.4. The van der Waals surface area contributed by atoms with E-state index in [4.69, 9.17) is 0 Å². The Balaban J connectivity index is 3.62. The van der Waals surface area contributed by atoms with E-state index in [1.54, 1.807) is 0 Å². The number of rotatable bonds is 10. The number of hydrogen-bond acceptors (Lipinski definition) is 0. The van der Waals surface area contributed by atoms with E-state index >= 15 is 0 Å². The molecule has 0 saturated carbocycles. The second kappa shape index (κ2) is 8.76. The van der Waals surface area contributed by atoms with E-state index in [9.17, 15) is 61.5 Å². The first kappa shape index (κ1) is 29.2. The van der Waals surface area contributed by atoms with Gasteiger partial charge in [0.1, 0.15) is 8.07 Å². The van der Waals surface area contributed by atoms with E-state index in [1.807, 2.05) is 0 Å². The van der Waals surface area contributed by atoms with Crippen LogP contribution < -0.4 is 5.19 Å². The molecule has 33 heavy (non-hydrogen) atoms. The number of alkyl halides is 14. The van der Waals surface area contributed by atoms with Gasteiger partial charge in [-0.3, -0.25) is 0 Å². The van der Waals surface area contributed by atoms with Crippen molar-refractivity contribution < 1.29 is 61.5 Å². The van der Waals surface area contributed by atoms with Crippen LogP contribution in [-0.4, -0.2) is 56.1 Å². The predicted molar refractivity (Wildman–Crippen MR) is 94.2 cm³/mol. The standard InChI is InChI=1S/C18H16F14Si/c1-4-9-7-5-6-8-10(9)33(2,3)13(22)15(25,26)17(29,30)18(31,32)16(27,28)14(23,24)11(19)12(20)21/h4-8,11-13H,1H2,2-3H3. The molecule has 0 N–H and O–H groups in total. The van der Waals surface area contributed by atoms with Gasteiger partial charge in [0.25, 0.3) is 6.43 Å². The molecule has 0 aliphatic carbocycles. The quantitative estimate of drug-likeness (QED) is 0.230. The fraction of sp³-hybridized carbons (Fsp3) is 0.556. The maximum absolute atomic E-state index is 14.8. The maximum Gasteiger partial charge on any atom is 0.384 e. The van der Waals surface area contributed by atoms with Crippen molar-refractivity contribution >= 4 is 19.3 Å². The Morgan fingerprint density at radius 2 is 1.15 bits per heavy atom. The van der Waals surface area contributed by atoms with Crippen LogP contribution in [0, 0.1) is 0 Å². The van der Waals surface area contributed by atoms with Crippen LogP contribution in [-0.2, 0) is 0 Å². The van der Waals surface area contributed by atoms with Crippen LogP contribution in [0.2, 0.25) is 13.1 Å². The molecule has 190 valence electrons. The summed E-state index contributed by atoms with van der Waals surface area (Å²) in [5, 5.41) is -0.384. The molecule has 0 amide bonds. The summed E-state index contributed by atoms with van der Waals surface area (Å²) in [6, 6.07) is 4.55. The predicted octanol–water partition coefficient (Wildman–Crippen LogP) is 6.90. The van der Waals surface area contributed by atoms with Crippen molar-refractivity contribution in [3.8, 4) is 0 Å². The topological polar surface area (TPSA) is 0 Å². The van der Waals surface area contributed by atoms with Gasteiger partial charge >= 0.3 is 29.6 Å². The highest BCUT2D eigenvalue weighted by Crippen LogP contribution is 2.59. The molecule has 2 unspecified atom stereocenters. The minimum Gasteiger partial charge on any atom is -0.244 e. The van der Waals surface area contributed by atoms with Crippen molar-refractivity contribution in [3.05, 3.63) is 36.4 Å². The lowest BCUT2D eigenvalue weighted by molar-refractivity contribution is -0.413. The summed E-state index contributed by atoms with van der Waals surface area (Å²) in [6.07, 6.45) is -9.51. The van der Waals surface area contributed by atoms with Gasteiger partial charge in [0.2, 0.25) is 6.17 Å². The zero-order valence-electron chi connectivity index (χ0n) is 16.6. The maximum atomic E-state index is 14.8.